The van der Waals surface area contributed by atoms with Gasteiger partial charge >= 0.3 is 0 Å². The molecule has 0 aromatic heterocycles. The number of carbonyl (C=O) groups excluding carboxylic acids is 2. The van der Waals surface area contributed by atoms with E-state index in [1.54, 1.807) is 0 Å². The molecule has 1 heterocycles. The maximum atomic E-state index is 12.8. The van der Waals surface area contributed by atoms with E-state index in [4.69, 9.17) is 5.73 Å². The van der Waals surface area contributed by atoms with E-state index in [2.05, 4.69) is 49.9 Å². The van der Waals surface area contributed by atoms with Crippen molar-refractivity contribution in [3.05, 3.63) is 59.7 Å². The molecule has 0 bridgehead atoms. The summed E-state index contributed by atoms with van der Waals surface area (Å²) < 4.78 is 0. The van der Waals surface area contributed by atoms with Crippen LogP contribution in [0.4, 0.5) is 0 Å². The Kier molecular flexibility index (Phi) is 7.85. The van der Waals surface area contributed by atoms with Crippen LogP contribution in [0, 0.1) is 5.92 Å². The zero-order valence-electron chi connectivity index (χ0n) is 19.0. The average Bonchev–Trinajstić information content (AvgIpc) is 2.79. The van der Waals surface area contributed by atoms with E-state index in [-0.39, 0.29) is 17.7 Å². The van der Waals surface area contributed by atoms with Gasteiger partial charge in [0, 0.05) is 43.7 Å². The van der Waals surface area contributed by atoms with Crippen molar-refractivity contribution >= 4 is 11.8 Å². The highest BCUT2D eigenvalue weighted by Gasteiger charge is 2.23. The Hall–Kier alpha value is -2.66. The molecule has 2 amide bonds. The SMILES string of the molecule is CCCC(Cc1ccc(-c2ccc(C(=O)N3CCN(C(C)C)CC3)cc2)cc1)C(N)=O. The van der Waals surface area contributed by atoms with Gasteiger partial charge in [-0.2, -0.15) is 0 Å². The fourth-order valence-electron chi connectivity index (χ4n) is 4.24. The van der Waals surface area contributed by atoms with Gasteiger partial charge in [0.1, 0.15) is 0 Å². The molecular weight excluding hydrogens is 386 g/mol. The van der Waals surface area contributed by atoms with E-state index < -0.39 is 0 Å². The normalized spacial score (nSPS) is 15.8. The number of primary amides is 1. The molecule has 166 valence electrons. The summed E-state index contributed by atoms with van der Waals surface area (Å²) in [6, 6.07) is 16.7. The third-order valence-corrected chi connectivity index (χ3v) is 6.27. The van der Waals surface area contributed by atoms with Crippen LogP contribution in [0.3, 0.4) is 0 Å². The zero-order chi connectivity index (χ0) is 22.4. The van der Waals surface area contributed by atoms with Gasteiger partial charge in [-0.05, 0) is 55.5 Å². The molecule has 1 aliphatic heterocycles. The van der Waals surface area contributed by atoms with Crippen LogP contribution >= 0.6 is 0 Å². The second-order valence-electron chi connectivity index (χ2n) is 8.79. The van der Waals surface area contributed by atoms with Crippen LogP contribution in [0.15, 0.2) is 48.5 Å². The lowest BCUT2D eigenvalue weighted by molar-refractivity contribution is -0.122. The van der Waals surface area contributed by atoms with Crippen LogP contribution < -0.4 is 5.73 Å². The lowest BCUT2D eigenvalue weighted by atomic mass is 9.93. The topological polar surface area (TPSA) is 66.6 Å². The molecule has 5 heteroatoms. The fourth-order valence-corrected chi connectivity index (χ4v) is 4.24. The molecule has 0 spiro atoms. The first-order valence-corrected chi connectivity index (χ1v) is 11.4. The van der Waals surface area contributed by atoms with Gasteiger partial charge < -0.3 is 10.6 Å². The number of nitrogens with two attached hydrogens (primary N) is 1. The van der Waals surface area contributed by atoms with Crippen molar-refractivity contribution in [2.24, 2.45) is 11.7 Å². The molecule has 0 radical (unpaired) electrons. The molecule has 31 heavy (non-hydrogen) atoms. The molecule has 2 N–H and O–H groups in total. The third kappa shape index (κ3) is 5.95. The van der Waals surface area contributed by atoms with Crippen LogP contribution in [0.25, 0.3) is 11.1 Å². The average molecular weight is 422 g/mol. The van der Waals surface area contributed by atoms with Crippen molar-refractivity contribution in [1.82, 2.24) is 9.80 Å². The number of rotatable bonds is 8. The van der Waals surface area contributed by atoms with Crippen LogP contribution in [0.2, 0.25) is 0 Å². The van der Waals surface area contributed by atoms with Crippen LogP contribution in [-0.2, 0) is 11.2 Å². The van der Waals surface area contributed by atoms with E-state index in [9.17, 15) is 9.59 Å². The summed E-state index contributed by atoms with van der Waals surface area (Å²) in [5.41, 5.74) is 9.56. The molecule has 2 aromatic rings. The molecule has 5 nitrogen and oxygen atoms in total. The van der Waals surface area contributed by atoms with Gasteiger partial charge in [-0.25, -0.2) is 0 Å². The number of carbonyl (C=O) groups is 2. The van der Waals surface area contributed by atoms with E-state index in [1.807, 2.05) is 29.2 Å². The molecule has 1 saturated heterocycles. The van der Waals surface area contributed by atoms with Crippen molar-refractivity contribution in [2.45, 2.75) is 46.1 Å². The molecule has 1 atom stereocenters. The summed E-state index contributed by atoms with van der Waals surface area (Å²) in [5, 5.41) is 0. The van der Waals surface area contributed by atoms with Crippen molar-refractivity contribution in [3.63, 3.8) is 0 Å². The van der Waals surface area contributed by atoms with E-state index in [1.165, 1.54) is 0 Å². The number of hydrogen-bond donors (Lipinski definition) is 1. The molecule has 0 saturated carbocycles. The van der Waals surface area contributed by atoms with Crippen molar-refractivity contribution in [3.8, 4) is 11.1 Å². The van der Waals surface area contributed by atoms with Gasteiger partial charge in [-0.15, -0.1) is 0 Å². The predicted molar refractivity (Wildman–Crippen MR) is 126 cm³/mol. The zero-order valence-corrected chi connectivity index (χ0v) is 19.0. The molecule has 1 aliphatic rings. The highest BCUT2D eigenvalue weighted by molar-refractivity contribution is 5.94. The largest absolute Gasteiger partial charge is 0.369 e. The number of amides is 2. The summed E-state index contributed by atoms with van der Waals surface area (Å²) >= 11 is 0. The van der Waals surface area contributed by atoms with Crippen molar-refractivity contribution in [1.29, 1.82) is 0 Å². The maximum Gasteiger partial charge on any atom is 0.253 e. The van der Waals surface area contributed by atoms with Gasteiger partial charge in [0.25, 0.3) is 5.91 Å². The smallest absolute Gasteiger partial charge is 0.253 e. The summed E-state index contributed by atoms with van der Waals surface area (Å²) in [4.78, 5) is 28.8. The second kappa shape index (κ2) is 10.6. The van der Waals surface area contributed by atoms with Gasteiger partial charge in [-0.3, -0.25) is 14.5 Å². The van der Waals surface area contributed by atoms with E-state index >= 15 is 0 Å². The summed E-state index contributed by atoms with van der Waals surface area (Å²) in [6.07, 6.45) is 2.45. The third-order valence-electron chi connectivity index (χ3n) is 6.27. The number of benzene rings is 2. The van der Waals surface area contributed by atoms with Crippen molar-refractivity contribution in [2.75, 3.05) is 26.2 Å². The van der Waals surface area contributed by atoms with Gasteiger partial charge in [0.15, 0.2) is 0 Å². The number of piperazine rings is 1. The molecular formula is C26H35N3O2. The Labute approximate surface area is 186 Å². The minimum Gasteiger partial charge on any atom is -0.369 e. The highest BCUT2D eigenvalue weighted by Crippen LogP contribution is 2.23. The Balaban J connectivity index is 1.62. The molecule has 1 fully saturated rings. The quantitative estimate of drug-likeness (QED) is 0.701. The molecule has 0 aliphatic carbocycles. The van der Waals surface area contributed by atoms with Gasteiger partial charge in [0.05, 0.1) is 0 Å². The fraction of sp³-hybridized carbons (Fsp3) is 0.462. The standard InChI is InChI=1S/C26H35N3O2/c1-4-5-24(25(27)30)18-20-6-8-21(9-7-20)22-10-12-23(13-11-22)26(31)29-16-14-28(15-17-29)19(2)3/h6-13,19,24H,4-5,14-18H2,1-3H3,(H2,27,30). The Morgan fingerprint density at radius 1 is 0.903 bits per heavy atom. The van der Waals surface area contributed by atoms with Gasteiger partial charge in [0.2, 0.25) is 5.91 Å². The molecule has 1 unspecified atom stereocenters. The van der Waals surface area contributed by atoms with Gasteiger partial charge in [-0.1, -0.05) is 49.7 Å². The number of hydrogen-bond acceptors (Lipinski definition) is 3. The first kappa shape index (κ1) is 23.0. The first-order chi connectivity index (χ1) is 14.9. The van der Waals surface area contributed by atoms with Crippen molar-refractivity contribution < 1.29 is 9.59 Å². The highest BCUT2D eigenvalue weighted by atomic mass is 16.2. The van der Waals surface area contributed by atoms with Crippen LogP contribution in [0.1, 0.15) is 49.5 Å². The summed E-state index contributed by atoms with van der Waals surface area (Å²) in [7, 11) is 0. The Morgan fingerprint density at radius 3 is 1.94 bits per heavy atom. The minimum absolute atomic E-state index is 0.108. The molecule has 3 rings (SSSR count). The monoisotopic (exact) mass is 421 g/mol. The van der Waals surface area contributed by atoms with E-state index in [0.29, 0.717) is 12.5 Å². The van der Waals surface area contributed by atoms with Crippen LogP contribution in [-0.4, -0.2) is 53.8 Å². The first-order valence-electron chi connectivity index (χ1n) is 11.4. The predicted octanol–water partition coefficient (Wildman–Crippen LogP) is 3.96. The Morgan fingerprint density at radius 2 is 1.45 bits per heavy atom. The summed E-state index contributed by atoms with van der Waals surface area (Å²) in [6.45, 7) is 9.90. The summed E-state index contributed by atoms with van der Waals surface area (Å²) in [5.74, 6) is -0.223. The second-order valence-corrected chi connectivity index (χ2v) is 8.79. The number of nitrogens with zero attached hydrogens (tertiary/aromatic N) is 2. The lowest BCUT2D eigenvalue weighted by Crippen LogP contribution is -2.50. The minimum atomic E-state index is -0.225. The van der Waals surface area contributed by atoms with Crippen LogP contribution in [0.5, 0.6) is 0 Å². The molecule has 2 aromatic carbocycles. The lowest BCUT2D eigenvalue weighted by Gasteiger charge is -2.37. The van der Waals surface area contributed by atoms with E-state index in [0.717, 1.165) is 61.3 Å². The Bertz CT molecular complexity index is 867. The maximum absolute atomic E-state index is 12.8.